The number of hydrogen-bond donors (Lipinski definition) is 2. The summed E-state index contributed by atoms with van der Waals surface area (Å²) in [6, 6.07) is 7.65. The number of rotatable bonds is 9. The third-order valence-corrected chi connectivity index (χ3v) is 5.86. The van der Waals surface area contributed by atoms with Crippen molar-refractivity contribution in [3.05, 3.63) is 41.6 Å². The Balaban J connectivity index is 0.00000385. The molecule has 0 amide bonds. The zero-order chi connectivity index (χ0) is 22.9. The predicted octanol–water partition coefficient (Wildman–Crippen LogP) is 3.76. The number of piperidine rings is 1. The fourth-order valence-electron chi connectivity index (χ4n) is 3.80. The van der Waals surface area contributed by atoms with Gasteiger partial charge in [0, 0.05) is 19.7 Å². The fourth-order valence-corrected chi connectivity index (χ4v) is 3.80. The van der Waals surface area contributed by atoms with Crippen molar-refractivity contribution in [2.24, 2.45) is 10.9 Å². The van der Waals surface area contributed by atoms with Crippen LogP contribution >= 0.6 is 24.0 Å². The molecule has 0 spiro atoms. The van der Waals surface area contributed by atoms with E-state index < -0.39 is 0 Å². The Bertz CT molecular complexity index is 861. The van der Waals surface area contributed by atoms with Crippen LogP contribution in [0, 0.1) is 19.8 Å². The maximum absolute atomic E-state index is 5.97. The number of hydrogen-bond acceptors (Lipinski definition) is 6. The topological polar surface area (TPSA) is 84.2 Å². The second kappa shape index (κ2) is 13.6. The van der Waals surface area contributed by atoms with Crippen LogP contribution in [-0.4, -0.2) is 62.3 Å². The van der Waals surface area contributed by atoms with Crippen LogP contribution in [0.25, 0.3) is 0 Å². The molecule has 9 heteroatoms. The average Bonchev–Trinajstić information content (AvgIpc) is 3.11. The van der Waals surface area contributed by atoms with Gasteiger partial charge >= 0.3 is 0 Å². The Morgan fingerprint density at radius 2 is 1.97 bits per heavy atom. The van der Waals surface area contributed by atoms with Crippen LogP contribution in [0.3, 0.4) is 0 Å². The van der Waals surface area contributed by atoms with Gasteiger partial charge in [-0.15, -0.1) is 24.0 Å². The molecule has 1 saturated heterocycles. The lowest BCUT2D eigenvalue weighted by Crippen LogP contribution is -2.45. The van der Waals surface area contributed by atoms with E-state index in [0.29, 0.717) is 12.5 Å². The SMILES string of the molecule is CN=C(NCC1CCN(Cc2nc(C)c(C)o2)CC1)NCC(C)Oc1cccc(OC)c1.I. The molecule has 0 radical (unpaired) electrons. The number of benzene rings is 1. The number of aryl methyl sites for hydroxylation is 2. The van der Waals surface area contributed by atoms with Gasteiger partial charge in [-0.1, -0.05) is 6.07 Å². The van der Waals surface area contributed by atoms with Crippen molar-refractivity contribution in [2.45, 2.75) is 46.3 Å². The highest BCUT2D eigenvalue weighted by molar-refractivity contribution is 14.0. The monoisotopic (exact) mass is 571 g/mol. The van der Waals surface area contributed by atoms with Crippen molar-refractivity contribution in [1.82, 2.24) is 20.5 Å². The van der Waals surface area contributed by atoms with Crippen LogP contribution in [0.15, 0.2) is 33.7 Å². The van der Waals surface area contributed by atoms with Gasteiger partial charge in [0.1, 0.15) is 23.4 Å². The lowest BCUT2D eigenvalue weighted by molar-refractivity contribution is 0.164. The molecular weight excluding hydrogens is 533 g/mol. The highest BCUT2D eigenvalue weighted by atomic mass is 127. The number of oxazole rings is 1. The molecule has 0 aliphatic carbocycles. The van der Waals surface area contributed by atoms with E-state index in [1.54, 1.807) is 14.2 Å². The van der Waals surface area contributed by atoms with Crippen molar-refractivity contribution in [2.75, 3.05) is 40.3 Å². The fraction of sp³-hybridized carbons (Fsp3) is 0.583. The summed E-state index contributed by atoms with van der Waals surface area (Å²) in [5.74, 6) is 4.76. The number of ether oxygens (including phenoxy) is 2. The molecule has 0 saturated carbocycles. The minimum absolute atomic E-state index is 0. The minimum atomic E-state index is -0.00798. The highest BCUT2D eigenvalue weighted by Gasteiger charge is 2.21. The second-order valence-corrected chi connectivity index (χ2v) is 8.41. The molecule has 1 aliphatic heterocycles. The first-order valence-electron chi connectivity index (χ1n) is 11.4. The summed E-state index contributed by atoms with van der Waals surface area (Å²) in [6.07, 6.45) is 2.29. The van der Waals surface area contributed by atoms with Crippen LogP contribution in [0.5, 0.6) is 11.5 Å². The van der Waals surface area contributed by atoms with Crippen LogP contribution in [-0.2, 0) is 6.54 Å². The first kappa shape index (κ1) is 27.2. The highest BCUT2D eigenvalue weighted by Crippen LogP contribution is 2.20. The molecule has 2 N–H and O–H groups in total. The van der Waals surface area contributed by atoms with E-state index in [4.69, 9.17) is 13.9 Å². The molecule has 2 heterocycles. The number of aromatic nitrogens is 1. The molecule has 1 fully saturated rings. The number of nitrogens with one attached hydrogen (secondary N) is 2. The average molecular weight is 572 g/mol. The lowest BCUT2D eigenvalue weighted by atomic mass is 9.97. The van der Waals surface area contributed by atoms with Gasteiger partial charge in [-0.25, -0.2) is 4.98 Å². The third-order valence-electron chi connectivity index (χ3n) is 5.86. The smallest absolute Gasteiger partial charge is 0.208 e. The maximum atomic E-state index is 5.97. The molecular formula is C24H38IN5O3. The van der Waals surface area contributed by atoms with Crippen LogP contribution in [0.4, 0.5) is 0 Å². The molecule has 1 aromatic carbocycles. The Kier molecular flexibility index (Phi) is 11.3. The Morgan fingerprint density at radius 3 is 2.61 bits per heavy atom. The molecule has 1 aromatic heterocycles. The molecule has 184 valence electrons. The summed E-state index contributed by atoms with van der Waals surface area (Å²) in [5.41, 5.74) is 0.987. The number of aliphatic imine (C=N–C) groups is 1. The number of halogens is 1. The molecule has 1 unspecified atom stereocenters. The number of nitrogens with zero attached hydrogens (tertiary/aromatic N) is 3. The number of likely N-dealkylation sites (tertiary alicyclic amines) is 1. The van der Waals surface area contributed by atoms with E-state index in [9.17, 15) is 0 Å². The Morgan fingerprint density at radius 1 is 1.24 bits per heavy atom. The molecule has 2 aromatic rings. The van der Waals surface area contributed by atoms with Crippen molar-refractivity contribution in [3.8, 4) is 11.5 Å². The molecule has 33 heavy (non-hydrogen) atoms. The van der Waals surface area contributed by atoms with Crippen molar-refractivity contribution < 1.29 is 13.9 Å². The molecule has 1 aliphatic rings. The summed E-state index contributed by atoms with van der Waals surface area (Å²) in [4.78, 5) is 11.3. The quantitative estimate of drug-likeness (QED) is 0.270. The molecule has 8 nitrogen and oxygen atoms in total. The Labute approximate surface area is 214 Å². The van der Waals surface area contributed by atoms with E-state index in [0.717, 1.165) is 73.8 Å². The van der Waals surface area contributed by atoms with E-state index in [-0.39, 0.29) is 30.1 Å². The summed E-state index contributed by atoms with van der Waals surface area (Å²) < 4.78 is 16.9. The zero-order valence-corrected chi connectivity index (χ0v) is 22.7. The van der Waals surface area contributed by atoms with Gasteiger partial charge in [0.25, 0.3) is 0 Å². The second-order valence-electron chi connectivity index (χ2n) is 8.41. The lowest BCUT2D eigenvalue weighted by Gasteiger charge is -2.31. The van der Waals surface area contributed by atoms with E-state index >= 15 is 0 Å². The van der Waals surface area contributed by atoms with Gasteiger partial charge in [-0.2, -0.15) is 0 Å². The molecule has 0 bridgehead atoms. The van der Waals surface area contributed by atoms with E-state index in [1.807, 2.05) is 45.0 Å². The van der Waals surface area contributed by atoms with Crippen molar-refractivity contribution >= 4 is 29.9 Å². The summed E-state index contributed by atoms with van der Waals surface area (Å²) >= 11 is 0. The number of methoxy groups -OCH3 is 1. The van der Waals surface area contributed by atoms with Gasteiger partial charge in [0.05, 0.1) is 25.9 Å². The Hall–Kier alpha value is -2.01. The van der Waals surface area contributed by atoms with Crippen LogP contribution in [0.2, 0.25) is 0 Å². The summed E-state index contributed by atoms with van der Waals surface area (Å²) in [6.45, 7) is 10.5. The van der Waals surface area contributed by atoms with Gasteiger partial charge in [-0.05, 0) is 64.8 Å². The van der Waals surface area contributed by atoms with Crippen molar-refractivity contribution in [3.63, 3.8) is 0 Å². The summed E-state index contributed by atoms with van der Waals surface area (Å²) in [7, 11) is 3.45. The van der Waals surface area contributed by atoms with Gasteiger partial charge in [0.2, 0.25) is 5.89 Å². The normalized spacial score (nSPS) is 16.1. The van der Waals surface area contributed by atoms with E-state index in [1.165, 1.54) is 0 Å². The summed E-state index contributed by atoms with van der Waals surface area (Å²) in [5, 5.41) is 6.82. The van der Waals surface area contributed by atoms with Crippen molar-refractivity contribution in [1.29, 1.82) is 0 Å². The first-order valence-corrected chi connectivity index (χ1v) is 11.4. The minimum Gasteiger partial charge on any atom is -0.497 e. The predicted molar refractivity (Wildman–Crippen MR) is 142 cm³/mol. The van der Waals surface area contributed by atoms with Gasteiger partial charge < -0.3 is 24.5 Å². The number of guanidine groups is 1. The molecule has 3 rings (SSSR count). The van der Waals surface area contributed by atoms with Gasteiger partial charge in [-0.3, -0.25) is 9.89 Å². The van der Waals surface area contributed by atoms with Gasteiger partial charge in [0.15, 0.2) is 5.96 Å². The van der Waals surface area contributed by atoms with Crippen LogP contribution < -0.4 is 20.1 Å². The zero-order valence-electron chi connectivity index (χ0n) is 20.4. The van der Waals surface area contributed by atoms with Crippen LogP contribution in [0.1, 0.15) is 37.1 Å². The third kappa shape index (κ3) is 8.69. The maximum Gasteiger partial charge on any atom is 0.208 e. The first-order chi connectivity index (χ1) is 15.5. The largest absolute Gasteiger partial charge is 0.497 e. The van der Waals surface area contributed by atoms with E-state index in [2.05, 4.69) is 25.5 Å². The molecule has 1 atom stereocenters. The standard InChI is InChI=1S/C24H37N5O3.HI/c1-17(31-22-8-6-7-21(13-22)30-5)14-26-24(25-4)27-15-20-9-11-29(12-10-20)16-23-28-18(2)19(3)32-23;/h6-8,13,17,20H,9-12,14-16H2,1-5H3,(H2,25,26,27);1H.